The molecule has 10 heavy (non-hydrogen) atoms. The van der Waals surface area contributed by atoms with E-state index in [4.69, 9.17) is 0 Å². The molecule has 0 aliphatic heterocycles. The lowest BCUT2D eigenvalue weighted by Crippen LogP contribution is -1.96. The van der Waals surface area contributed by atoms with Crippen molar-refractivity contribution in [2.75, 3.05) is 0 Å². The fourth-order valence-electron chi connectivity index (χ4n) is 0.994. The van der Waals surface area contributed by atoms with Gasteiger partial charge in [-0.05, 0) is 30.5 Å². The van der Waals surface area contributed by atoms with Crippen LogP contribution in [0.2, 0.25) is 0 Å². The molecule has 0 saturated carbocycles. The molecule has 0 bridgehead atoms. The van der Waals surface area contributed by atoms with E-state index in [1.54, 1.807) is 6.20 Å². The van der Waals surface area contributed by atoms with E-state index < -0.39 is 0 Å². The van der Waals surface area contributed by atoms with Crippen molar-refractivity contribution in [1.82, 2.24) is 10.2 Å². The van der Waals surface area contributed by atoms with Crippen LogP contribution in [0.1, 0.15) is 18.5 Å². The Morgan fingerprint density at radius 2 is 2.30 bits per heavy atom. The highest BCUT2D eigenvalue weighted by Gasteiger charge is 2.08. The number of allylic oxidation sites excluding steroid dienone is 2. The molecule has 0 amide bonds. The Morgan fingerprint density at radius 3 is 2.80 bits per heavy atom. The van der Waals surface area contributed by atoms with Crippen molar-refractivity contribution < 1.29 is 0 Å². The van der Waals surface area contributed by atoms with Gasteiger partial charge in [0.05, 0.1) is 5.69 Å². The molecule has 0 radical (unpaired) electrons. The molecule has 1 heterocycles. The summed E-state index contributed by atoms with van der Waals surface area (Å²) in [5, 5.41) is 7.78. The molecule has 2 rings (SSSR count). The van der Waals surface area contributed by atoms with Crippen LogP contribution >= 0.6 is 0 Å². The number of hydrogen-bond acceptors (Lipinski definition) is 2. The minimum absolute atomic E-state index is 1.04. The van der Waals surface area contributed by atoms with E-state index in [9.17, 15) is 0 Å². The average molecular weight is 132 g/mol. The van der Waals surface area contributed by atoms with E-state index in [0.717, 1.165) is 5.69 Å². The first kappa shape index (κ1) is 5.59. The molecule has 2 nitrogen and oxygen atoms in total. The molecule has 1 aliphatic rings. The Labute approximate surface area is 59.6 Å². The van der Waals surface area contributed by atoms with Crippen molar-refractivity contribution in [3.05, 3.63) is 30.1 Å². The van der Waals surface area contributed by atoms with Gasteiger partial charge in [-0.1, -0.05) is 6.08 Å². The first-order valence-corrected chi connectivity index (χ1v) is 3.44. The summed E-state index contributed by atoms with van der Waals surface area (Å²) >= 11 is 0. The highest BCUT2D eigenvalue weighted by Crippen LogP contribution is 2.26. The lowest BCUT2D eigenvalue weighted by molar-refractivity contribution is 0.934. The second-order valence-corrected chi connectivity index (χ2v) is 2.38. The Kier molecular flexibility index (Phi) is 1.24. The third kappa shape index (κ3) is 0.817. The van der Waals surface area contributed by atoms with Gasteiger partial charge in [0.15, 0.2) is 0 Å². The Balaban J connectivity index is 2.34. The number of aromatic nitrogens is 2. The zero-order chi connectivity index (χ0) is 6.81. The number of nitrogens with zero attached hydrogens (tertiary/aromatic N) is 2. The maximum Gasteiger partial charge on any atom is 0.0886 e. The molecule has 0 spiro atoms. The van der Waals surface area contributed by atoms with Crippen LogP contribution in [0.15, 0.2) is 24.4 Å². The zero-order valence-electron chi connectivity index (χ0n) is 5.62. The molecule has 50 valence electrons. The van der Waals surface area contributed by atoms with Crippen LogP contribution in [0.4, 0.5) is 0 Å². The normalized spacial score (nSPS) is 15.8. The quantitative estimate of drug-likeness (QED) is 0.580. The van der Waals surface area contributed by atoms with Gasteiger partial charge in [0, 0.05) is 6.20 Å². The second-order valence-electron chi connectivity index (χ2n) is 2.38. The monoisotopic (exact) mass is 132 g/mol. The van der Waals surface area contributed by atoms with E-state index in [0.29, 0.717) is 0 Å². The molecule has 0 atom stereocenters. The van der Waals surface area contributed by atoms with Gasteiger partial charge in [0.1, 0.15) is 0 Å². The molecule has 1 aromatic rings. The van der Waals surface area contributed by atoms with Gasteiger partial charge in [0.2, 0.25) is 0 Å². The summed E-state index contributed by atoms with van der Waals surface area (Å²) in [7, 11) is 0. The largest absolute Gasteiger partial charge is 0.159 e. The predicted molar refractivity (Wildman–Crippen MR) is 39.2 cm³/mol. The summed E-state index contributed by atoms with van der Waals surface area (Å²) in [5.74, 6) is 0. The van der Waals surface area contributed by atoms with E-state index in [2.05, 4.69) is 16.3 Å². The average Bonchev–Trinajstić information content (AvgIpc) is 1.86. The molecule has 0 unspecified atom stereocenters. The smallest absolute Gasteiger partial charge is 0.0886 e. The maximum atomic E-state index is 3.98. The van der Waals surface area contributed by atoms with Crippen LogP contribution < -0.4 is 0 Å². The topological polar surface area (TPSA) is 25.8 Å². The third-order valence-corrected chi connectivity index (χ3v) is 1.71. The number of rotatable bonds is 1. The Morgan fingerprint density at radius 1 is 1.40 bits per heavy atom. The summed E-state index contributed by atoms with van der Waals surface area (Å²) in [6.45, 7) is 0. The van der Waals surface area contributed by atoms with Crippen molar-refractivity contribution in [3.63, 3.8) is 0 Å². The van der Waals surface area contributed by atoms with E-state index in [1.165, 1.54) is 18.4 Å². The molecule has 1 aromatic heterocycles. The molecule has 0 N–H and O–H groups in total. The SMILES string of the molecule is C1=C(c2cccnn2)CC1. The van der Waals surface area contributed by atoms with Gasteiger partial charge in [-0.15, -0.1) is 0 Å². The van der Waals surface area contributed by atoms with E-state index in [1.807, 2.05) is 12.1 Å². The fourth-order valence-corrected chi connectivity index (χ4v) is 0.994. The van der Waals surface area contributed by atoms with Gasteiger partial charge >= 0.3 is 0 Å². The van der Waals surface area contributed by atoms with Crippen LogP contribution in [0.5, 0.6) is 0 Å². The summed E-state index contributed by atoms with van der Waals surface area (Å²) < 4.78 is 0. The second kappa shape index (κ2) is 2.21. The van der Waals surface area contributed by atoms with Crippen LogP contribution in [0, 0.1) is 0 Å². The summed E-state index contributed by atoms with van der Waals surface area (Å²) in [4.78, 5) is 0. The van der Waals surface area contributed by atoms with Crippen molar-refractivity contribution in [2.24, 2.45) is 0 Å². The maximum absolute atomic E-state index is 3.98. The molecule has 0 aromatic carbocycles. The molecule has 0 saturated heterocycles. The summed E-state index contributed by atoms with van der Waals surface area (Å²) in [6, 6.07) is 3.92. The summed E-state index contributed by atoms with van der Waals surface area (Å²) in [5.41, 5.74) is 2.38. The molecule has 1 aliphatic carbocycles. The van der Waals surface area contributed by atoms with Gasteiger partial charge in [-0.2, -0.15) is 10.2 Å². The van der Waals surface area contributed by atoms with Crippen molar-refractivity contribution in [3.8, 4) is 0 Å². The number of hydrogen-bond donors (Lipinski definition) is 0. The molecular formula is C8H8N2. The molecule has 2 heteroatoms. The highest BCUT2D eigenvalue weighted by molar-refractivity contribution is 5.66. The van der Waals surface area contributed by atoms with Gasteiger partial charge in [0.25, 0.3) is 0 Å². The van der Waals surface area contributed by atoms with Gasteiger partial charge < -0.3 is 0 Å². The highest BCUT2D eigenvalue weighted by atomic mass is 15.1. The standard InChI is InChI=1S/C8H8N2/c1-3-7(4-1)8-5-2-6-9-10-8/h2-3,5-6H,1,4H2. The fraction of sp³-hybridized carbons (Fsp3) is 0.250. The lowest BCUT2D eigenvalue weighted by Gasteiger charge is -2.11. The molecular weight excluding hydrogens is 124 g/mol. The van der Waals surface area contributed by atoms with Crippen molar-refractivity contribution in [1.29, 1.82) is 0 Å². The first-order valence-electron chi connectivity index (χ1n) is 3.44. The minimum Gasteiger partial charge on any atom is -0.159 e. The summed E-state index contributed by atoms with van der Waals surface area (Å²) in [6.07, 6.45) is 6.26. The van der Waals surface area contributed by atoms with Crippen LogP contribution in [-0.2, 0) is 0 Å². The Hall–Kier alpha value is -1.18. The predicted octanol–water partition coefficient (Wildman–Crippen LogP) is 1.65. The lowest BCUT2D eigenvalue weighted by atomic mass is 9.96. The van der Waals surface area contributed by atoms with Crippen LogP contribution in [0.25, 0.3) is 5.57 Å². The van der Waals surface area contributed by atoms with Gasteiger partial charge in [-0.3, -0.25) is 0 Å². The minimum atomic E-state index is 1.04. The van der Waals surface area contributed by atoms with E-state index >= 15 is 0 Å². The van der Waals surface area contributed by atoms with Crippen molar-refractivity contribution >= 4 is 5.57 Å². The van der Waals surface area contributed by atoms with E-state index in [-0.39, 0.29) is 0 Å². The first-order chi connectivity index (χ1) is 4.97. The molecule has 0 fully saturated rings. The van der Waals surface area contributed by atoms with Crippen LogP contribution in [0.3, 0.4) is 0 Å². The van der Waals surface area contributed by atoms with Crippen molar-refractivity contribution in [2.45, 2.75) is 12.8 Å². The van der Waals surface area contributed by atoms with Gasteiger partial charge in [-0.25, -0.2) is 0 Å². The zero-order valence-corrected chi connectivity index (χ0v) is 5.62. The third-order valence-electron chi connectivity index (χ3n) is 1.71. The Bertz CT molecular complexity index is 251. The van der Waals surface area contributed by atoms with Crippen LogP contribution in [-0.4, -0.2) is 10.2 Å².